The SMILES string of the molecule is CC[C@@]1(CF)O[C@@H](n2cc(F)c(N)nc2=O)[C@@H](O[Si](C)(C)C)[C@@H]1C. The number of hydrogen-bond acceptors (Lipinski definition) is 5. The lowest BCUT2D eigenvalue weighted by atomic mass is 9.86. The van der Waals surface area contributed by atoms with Crippen molar-refractivity contribution < 1.29 is 17.9 Å². The van der Waals surface area contributed by atoms with Crippen molar-refractivity contribution in [2.45, 2.75) is 57.8 Å². The number of aromatic nitrogens is 2. The molecule has 6 nitrogen and oxygen atoms in total. The summed E-state index contributed by atoms with van der Waals surface area (Å²) in [6, 6.07) is 0. The van der Waals surface area contributed by atoms with Crippen LogP contribution in [0.5, 0.6) is 0 Å². The van der Waals surface area contributed by atoms with E-state index < -0.39 is 50.2 Å². The Morgan fingerprint density at radius 3 is 2.62 bits per heavy atom. The Morgan fingerprint density at radius 1 is 1.50 bits per heavy atom. The van der Waals surface area contributed by atoms with Crippen molar-refractivity contribution in [3.63, 3.8) is 0 Å². The van der Waals surface area contributed by atoms with E-state index in [-0.39, 0.29) is 5.92 Å². The van der Waals surface area contributed by atoms with Crippen LogP contribution >= 0.6 is 0 Å². The van der Waals surface area contributed by atoms with Crippen molar-refractivity contribution in [3.05, 3.63) is 22.5 Å². The number of nitrogens with two attached hydrogens (primary N) is 1. The molecule has 0 saturated carbocycles. The fraction of sp³-hybridized carbons (Fsp3) is 0.733. The Bertz CT molecular complexity index is 658. The maximum absolute atomic E-state index is 13.8. The summed E-state index contributed by atoms with van der Waals surface area (Å²) in [5, 5.41) is 0. The number of hydrogen-bond donors (Lipinski definition) is 1. The van der Waals surface area contributed by atoms with Gasteiger partial charge in [0.2, 0.25) is 0 Å². The second-order valence-electron chi connectivity index (χ2n) is 7.21. The highest BCUT2D eigenvalue weighted by Gasteiger charge is 2.54. The fourth-order valence-corrected chi connectivity index (χ4v) is 4.17. The van der Waals surface area contributed by atoms with Gasteiger partial charge in [-0.3, -0.25) is 4.57 Å². The van der Waals surface area contributed by atoms with Crippen molar-refractivity contribution in [1.82, 2.24) is 9.55 Å². The molecule has 1 aromatic heterocycles. The molecule has 0 aromatic carbocycles. The molecule has 0 aliphatic carbocycles. The molecule has 2 heterocycles. The van der Waals surface area contributed by atoms with Crippen LogP contribution in [0.3, 0.4) is 0 Å². The molecule has 2 N–H and O–H groups in total. The number of nitrogen functional groups attached to an aromatic ring is 1. The Balaban J connectivity index is 2.53. The number of ether oxygens (including phenoxy) is 1. The van der Waals surface area contributed by atoms with E-state index in [1.54, 1.807) is 0 Å². The van der Waals surface area contributed by atoms with Crippen LogP contribution in [-0.2, 0) is 9.16 Å². The molecule has 4 atom stereocenters. The van der Waals surface area contributed by atoms with E-state index in [2.05, 4.69) is 4.98 Å². The van der Waals surface area contributed by atoms with Gasteiger partial charge in [-0.25, -0.2) is 13.6 Å². The highest BCUT2D eigenvalue weighted by atomic mass is 28.4. The Labute approximate surface area is 141 Å². The molecule has 9 heteroatoms. The molecule has 2 rings (SSSR count). The smallest absolute Gasteiger partial charge is 0.351 e. The second kappa shape index (κ2) is 6.53. The monoisotopic (exact) mass is 361 g/mol. The van der Waals surface area contributed by atoms with Crippen LogP contribution in [0.15, 0.2) is 11.0 Å². The summed E-state index contributed by atoms with van der Waals surface area (Å²) in [5.74, 6) is -1.61. The first kappa shape index (κ1) is 19.0. The highest BCUT2D eigenvalue weighted by Crippen LogP contribution is 2.45. The molecule has 0 radical (unpaired) electrons. The number of halogens is 2. The fourth-order valence-electron chi connectivity index (χ4n) is 3.04. The van der Waals surface area contributed by atoms with E-state index in [1.165, 1.54) is 0 Å². The molecule has 1 aliphatic heterocycles. The molecule has 136 valence electrons. The van der Waals surface area contributed by atoms with Crippen LogP contribution in [0.4, 0.5) is 14.6 Å². The number of rotatable bonds is 5. The largest absolute Gasteiger partial charge is 0.410 e. The van der Waals surface area contributed by atoms with Crippen molar-refractivity contribution in [2.75, 3.05) is 12.4 Å². The van der Waals surface area contributed by atoms with Crippen LogP contribution in [0, 0.1) is 11.7 Å². The normalized spacial score (nSPS) is 30.7. The highest BCUT2D eigenvalue weighted by molar-refractivity contribution is 6.69. The van der Waals surface area contributed by atoms with Crippen LogP contribution < -0.4 is 11.4 Å². The summed E-state index contributed by atoms with van der Waals surface area (Å²) in [6.45, 7) is 8.90. The topological polar surface area (TPSA) is 79.4 Å². The summed E-state index contributed by atoms with van der Waals surface area (Å²) in [7, 11) is -2.03. The molecular formula is C15H25F2N3O3Si. The Kier molecular flexibility index (Phi) is 5.17. The predicted molar refractivity (Wildman–Crippen MR) is 89.4 cm³/mol. The van der Waals surface area contributed by atoms with E-state index in [4.69, 9.17) is 14.9 Å². The average molecular weight is 361 g/mol. The molecule has 1 aliphatic rings. The van der Waals surface area contributed by atoms with Gasteiger partial charge in [0.15, 0.2) is 26.2 Å². The van der Waals surface area contributed by atoms with Crippen LogP contribution in [0.2, 0.25) is 19.6 Å². The van der Waals surface area contributed by atoms with Crippen LogP contribution in [0.25, 0.3) is 0 Å². The summed E-state index contributed by atoms with van der Waals surface area (Å²) < 4.78 is 40.7. The molecule has 0 spiro atoms. The van der Waals surface area contributed by atoms with Gasteiger partial charge in [0, 0.05) is 5.92 Å². The minimum Gasteiger partial charge on any atom is -0.410 e. The van der Waals surface area contributed by atoms with Crippen molar-refractivity contribution >= 4 is 14.1 Å². The molecule has 0 unspecified atom stereocenters. The van der Waals surface area contributed by atoms with Gasteiger partial charge in [-0.15, -0.1) is 0 Å². The number of nitrogens with zero attached hydrogens (tertiary/aromatic N) is 2. The third kappa shape index (κ3) is 3.38. The van der Waals surface area contributed by atoms with E-state index in [9.17, 15) is 13.6 Å². The summed E-state index contributed by atoms with van der Waals surface area (Å²) >= 11 is 0. The molecule has 24 heavy (non-hydrogen) atoms. The van der Waals surface area contributed by atoms with E-state index >= 15 is 0 Å². The second-order valence-corrected chi connectivity index (χ2v) is 11.7. The third-order valence-corrected chi connectivity index (χ3v) is 5.46. The van der Waals surface area contributed by atoms with Crippen molar-refractivity contribution in [3.8, 4) is 0 Å². The maximum atomic E-state index is 13.8. The van der Waals surface area contributed by atoms with Gasteiger partial charge in [-0.05, 0) is 26.1 Å². The molecule has 0 bridgehead atoms. The van der Waals surface area contributed by atoms with Crippen molar-refractivity contribution in [1.29, 1.82) is 0 Å². The van der Waals surface area contributed by atoms with Crippen LogP contribution in [-0.4, -0.2) is 36.2 Å². The number of anilines is 1. The first-order valence-electron chi connectivity index (χ1n) is 8.00. The predicted octanol–water partition coefficient (Wildman–Crippen LogP) is 2.47. The first-order chi connectivity index (χ1) is 11.0. The summed E-state index contributed by atoms with van der Waals surface area (Å²) in [6.07, 6.45) is -0.161. The lowest BCUT2D eigenvalue weighted by Gasteiger charge is -2.31. The van der Waals surface area contributed by atoms with Crippen LogP contribution in [0.1, 0.15) is 26.5 Å². The summed E-state index contributed by atoms with van der Waals surface area (Å²) in [5.41, 5.74) is 3.51. The van der Waals surface area contributed by atoms with Crippen molar-refractivity contribution in [2.24, 2.45) is 5.92 Å². The standard InChI is InChI=1S/C15H25F2N3O3Si/c1-6-15(8-16)9(2)11(23-24(3,4)5)13(22-15)20-7-10(17)12(18)19-14(20)21/h7,9,11,13H,6,8H2,1-5H3,(H2,18,19,21)/t9-,11-,13+,15-/m0/s1. The molecule has 1 saturated heterocycles. The molecule has 1 fully saturated rings. The molecule has 1 aromatic rings. The number of alkyl halides is 1. The minimum atomic E-state index is -2.03. The van der Waals surface area contributed by atoms with Gasteiger partial charge >= 0.3 is 5.69 Å². The van der Waals surface area contributed by atoms with E-state index in [0.29, 0.717) is 6.42 Å². The zero-order valence-corrected chi connectivity index (χ0v) is 15.7. The molecular weight excluding hydrogens is 336 g/mol. The molecule has 0 amide bonds. The zero-order valence-electron chi connectivity index (χ0n) is 14.7. The third-order valence-electron chi connectivity index (χ3n) is 4.48. The lowest BCUT2D eigenvalue weighted by Crippen LogP contribution is -2.43. The van der Waals surface area contributed by atoms with Gasteiger partial charge in [-0.2, -0.15) is 4.98 Å². The summed E-state index contributed by atoms with van der Waals surface area (Å²) in [4.78, 5) is 15.6. The average Bonchev–Trinajstić information content (AvgIpc) is 2.75. The van der Waals surface area contributed by atoms with Gasteiger partial charge < -0.3 is 14.9 Å². The minimum absolute atomic E-state index is 0.309. The maximum Gasteiger partial charge on any atom is 0.351 e. The van der Waals surface area contributed by atoms with E-state index in [0.717, 1.165) is 10.8 Å². The van der Waals surface area contributed by atoms with Gasteiger partial charge in [0.25, 0.3) is 0 Å². The van der Waals surface area contributed by atoms with Gasteiger partial charge in [-0.1, -0.05) is 13.8 Å². The first-order valence-corrected chi connectivity index (χ1v) is 11.4. The Morgan fingerprint density at radius 2 is 2.12 bits per heavy atom. The van der Waals surface area contributed by atoms with Gasteiger partial charge in [0.05, 0.1) is 12.3 Å². The Hall–Kier alpha value is -1.32. The quantitative estimate of drug-likeness (QED) is 0.815. The lowest BCUT2D eigenvalue weighted by molar-refractivity contribution is -0.105. The zero-order chi connectivity index (χ0) is 18.3. The van der Waals surface area contributed by atoms with Gasteiger partial charge in [0.1, 0.15) is 12.3 Å². The van der Waals surface area contributed by atoms with E-state index in [1.807, 2.05) is 33.5 Å².